The number of hydrogen-bond acceptors (Lipinski definition) is 4. The summed E-state index contributed by atoms with van der Waals surface area (Å²) in [5.74, 6) is 1.92. The maximum Gasteiger partial charge on any atom is 0.164 e. The highest BCUT2D eigenvalue weighted by Crippen LogP contribution is 2.41. The van der Waals surface area contributed by atoms with E-state index in [1.165, 1.54) is 5.39 Å². The molecule has 0 saturated carbocycles. The van der Waals surface area contributed by atoms with Crippen molar-refractivity contribution in [1.82, 2.24) is 24.6 Å². The molecule has 7 aromatic carbocycles. The van der Waals surface area contributed by atoms with Gasteiger partial charge in [-0.2, -0.15) is 5.10 Å². The lowest BCUT2D eigenvalue weighted by atomic mass is 9.95. The molecule has 3 heterocycles. The Bertz CT molecular complexity index is 2880. The first-order valence-electron chi connectivity index (χ1n) is 18.4. The first-order chi connectivity index (χ1) is 27.3. The Hall–Kier alpha value is -7.50. The second-order valence-corrected chi connectivity index (χ2v) is 13.5. The van der Waals surface area contributed by atoms with Gasteiger partial charge in [0.1, 0.15) is 5.69 Å². The van der Waals surface area contributed by atoms with Crippen LogP contribution in [0.5, 0.6) is 0 Å². The summed E-state index contributed by atoms with van der Waals surface area (Å²) in [6, 6.07) is 69.3. The highest BCUT2D eigenvalue weighted by molar-refractivity contribution is 6.08. The van der Waals surface area contributed by atoms with Crippen LogP contribution < -0.4 is 0 Å². The lowest BCUT2D eigenvalue weighted by Gasteiger charge is -2.10. The number of hydrogen-bond donors (Lipinski definition) is 0. The minimum atomic E-state index is 0.631. The largest absolute Gasteiger partial charge is 0.231 e. The smallest absolute Gasteiger partial charge is 0.164 e. The predicted octanol–water partition coefficient (Wildman–Crippen LogP) is 12.3. The lowest BCUT2D eigenvalue weighted by Crippen LogP contribution is -2.00. The molecule has 0 aliphatic carbocycles. The van der Waals surface area contributed by atoms with Crippen molar-refractivity contribution in [2.24, 2.45) is 0 Å². The van der Waals surface area contributed by atoms with Crippen LogP contribution in [0.3, 0.4) is 0 Å². The van der Waals surface area contributed by atoms with Gasteiger partial charge in [0.25, 0.3) is 0 Å². The highest BCUT2D eigenvalue weighted by atomic mass is 15.2. The zero-order chi connectivity index (χ0) is 36.6. The number of nitrogens with zero attached hydrogens (tertiary/aromatic N) is 5. The Morgan fingerprint density at radius 1 is 0.327 bits per heavy atom. The molecule has 0 aliphatic heterocycles. The molecule has 0 N–H and O–H groups in total. The van der Waals surface area contributed by atoms with Crippen LogP contribution in [0.25, 0.3) is 95.2 Å². The zero-order valence-corrected chi connectivity index (χ0v) is 29.8. The topological polar surface area (TPSA) is 56.0 Å². The number of pyridine rings is 1. The summed E-state index contributed by atoms with van der Waals surface area (Å²) in [7, 11) is 0. The summed E-state index contributed by atoms with van der Waals surface area (Å²) >= 11 is 0. The summed E-state index contributed by atoms with van der Waals surface area (Å²) in [5.41, 5.74) is 12.5. The van der Waals surface area contributed by atoms with Crippen LogP contribution in [0, 0.1) is 0 Å². The van der Waals surface area contributed by atoms with Crippen molar-refractivity contribution < 1.29 is 0 Å². The van der Waals surface area contributed by atoms with Crippen LogP contribution in [0.15, 0.2) is 200 Å². The first kappa shape index (κ1) is 32.2. The lowest BCUT2D eigenvalue weighted by molar-refractivity contribution is 0.979. The fourth-order valence-corrected chi connectivity index (χ4v) is 7.38. The molecule has 5 nitrogen and oxygen atoms in total. The van der Waals surface area contributed by atoms with Crippen LogP contribution in [0.2, 0.25) is 0 Å². The predicted molar refractivity (Wildman–Crippen MR) is 224 cm³/mol. The SMILES string of the molecule is c1ccc(-c2nc(-c3ccccc3)nc(-c3ccc(-c4cccc(-c5nn6c(-c7ccccc7)cc7ccccc7c6c5-c5ccccc5)c4)cc3)n2)cc1. The second kappa shape index (κ2) is 13.8. The van der Waals surface area contributed by atoms with E-state index in [0.29, 0.717) is 17.5 Å². The molecule has 0 bridgehead atoms. The Balaban J connectivity index is 1.09. The van der Waals surface area contributed by atoms with Crippen LogP contribution in [0.4, 0.5) is 0 Å². The molecule has 5 heteroatoms. The molecule has 0 unspecified atom stereocenters. The molecular weight excluding hydrogens is 671 g/mol. The maximum absolute atomic E-state index is 5.43. The normalized spacial score (nSPS) is 11.3. The van der Waals surface area contributed by atoms with Crippen molar-refractivity contribution in [3.05, 3.63) is 200 Å². The number of benzene rings is 7. The quantitative estimate of drug-likeness (QED) is 0.166. The molecule has 55 heavy (non-hydrogen) atoms. The fourth-order valence-electron chi connectivity index (χ4n) is 7.38. The van der Waals surface area contributed by atoms with Gasteiger partial charge in [-0.1, -0.05) is 188 Å². The molecule has 0 aliphatic rings. The molecule has 10 rings (SSSR count). The molecule has 0 fully saturated rings. The first-order valence-corrected chi connectivity index (χ1v) is 18.4. The van der Waals surface area contributed by atoms with Crippen molar-refractivity contribution in [2.75, 3.05) is 0 Å². The Morgan fingerprint density at radius 3 is 1.38 bits per heavy atom. The van der Waals surface area contributed by atoms with Gasteiger partial charge in [0.15, 0.2) is 17.5 Å². The second-order valence-electron chi connectivity index (χ2n) is 13.5. The fraction of sp³-hybridized carbons (Fsp3) is 0. The molecule has 3 aromatic heterocycles. The van der Waals surface area contributed by atoms with Crippen molar-refractivity contribution in [3.63, 3.8) is 0 Å². The van der Waals surface area contributed by atoms with Gasteiger partial charge in [0, 0.05) is 38.8 Å². The van der Waals surface area contributed by atoms with Gasteiger partial charge in [-0.25, -0.2) is 19.5 Å². The third-order valence-electron chi connectivity index (χ3n) is 10.1. The summed E-state index contributed by atoms with van der Waals surface area (Å²) in [6.45, 7) is 0. The molecule has 0 radical (unpaired) electrons. The highest BCUT2D eigenvalue weighted by Gasteiger charge is 2.22. The van der Waals surface area contributed by atoms with Gasteiger partial charge in [0.2, 0.25) is 0 Å². The van der Waals surface area contributed by atoms with Crippen molar-refractivity contribution in [2.45, 2.75) is 0 Å². The molecule has 258 valence electrons. The molecule has 0 amide bonds. The molecule has 0 spiro atoms. The Kier molecular flexibility index (Phi) is 8.08. The van der Waals surface area contributed by atoms with E-state index in [0.717, 1.165) is 72.4 Å². The van der Waals surface area contributed by atoms with Crippen LogP contribution in [0.1, 0.15) is 0 Å². The van der Waals surface area contributed by atoms with E-state index in [1.807, 2.05) is 60.7 Å². The van der Waals surface area contributed by atoms with Crippen molar-refractivity contribution in [1.29, 1.82) is 0 Å². The maximum atomic E-state index is 5.43. The van der Waals surface area contributed by atoms with E-state index in [2.05, 4.69) is 144 Å². The molecule has 10 aromatic rings. The summed E-state index contributed by atoms with van der Waals surface area (Å²) < 4.78 is 2.14. The summed E-state index contributed by atoms with van der Waals surface area (Å²) in [5, 5.41) is 7.77. The zero-order valence-electron chi connectivity index (χ0n) is 29.8. The minimum absolute atomic E-state index is 0.631. The van der Waals surface area contributed by atoms with Gasteiger partial charge in [-0.05, 0) is 34.2 Å². The van der Waals surface area contributed by atoms with E-state index in [4.69, 9.17) is 20.1 Å². The Morgan fingerprint density at radius 2 is 0.782 bits per heavy atom. The van der Waals surface area contributed by atoms with Gasteiger partial charge in [0.05, 0.1) is 11.2 Å². The van der Waals surface area contributed by atoms with Crippen molar-refractivity contribution in [3.8, 4) is 78.9 Å². The summed E-state index contributed by atoms with van der Waals surface area (Å²) in [4.78, 5) is 14.7. The van der Waals surface area contributed by atoms with E-state index in [1.54, 1.807) is 0 Å². The molecular formula is C50H33N5. The Labute approximate surface area is 318 Å². The average molecular weight is 704 g/mol. The standard InChI is InChI=1S/C50H33N5/c1-5-16-35(17-6-1)44-33-41-24-13-14-27-43(41)47-45(36-18-7-2-8-19-36)46(54-55(44)47)42-26-15-25-40(32-42)34-28-30-39(31-29-34)50-52-48(37-20-9-3-10-21-37)51-49(53-50)38-22-11-4-12-23-38/h1-33H. The number of rotatable bonds is 7. The van der Waals surface area contributed by atoms with Gasteiger partial charge in [-0.15, -0.1) is 0 Å². The summed E-state index contributed by atoms with van der Waals surface area (Å²) in [6.07, 6.45) is 0. The number of fused-ring (bicyclic) bond motifs is 3. The van der Waals surface area contributed by atoms with E-state index < -0.39 is 0 Å². The van der Waals surface area contributed by atoms with Gasteiger partial charge in [-0.3, -0.25) is 0 Å². The monoisotopic (exact) mass is 703 g/mol. The molecule has 0 atom stereocenters. The van der Waals surface area contributed by atoms with Crippen LogP contribution in [-0.2, 0) is 0 Å². The van der Waals surface area contributed by atoms with E-state index >= 15 is 0 Å². The van der Waals surface area contributed by atoms with Gasteiger partial charge >= 0.3 is 0 Å². The third-order valence-corrected chi connectivity index (χ3v) is 10.1. The van der Waals surface area contributed by atoms with E-state index in [9.17, 15) is 0 Å². The van der Waals surface area contributed by atoms with Crippen LogP contribution in [-0.4, -0.2) is 24.6 Å². The van der Waals surface area contributed by atoms with Crippen molar-refractivity contribution >= 4 is 16.3 Å². The molecule has 0 saturated heterocycles. The third kappa shape index (κ3) is 6.04. The average Bonchev–Trinajstić information content (AvgIpc) is 3.69. The minimum Gasteiger partial charge on any atom is -0.231 e. The van der Waals surface area contributed by atoms with E-state index in [-0.39, 0.29) is 0 Å². The van der Waals surface area contributed by atoms with Gasteiger partial charge < -0.3 is 0 Å². The van der Waals surface area contributed by atoms with Crippen LogP contribution >= 0.6 is 0 Å². The number of aromatic nitrogens is 5.